The minimum atomic E-state index is 0.283. The van der Waals surface area contributed by atoms with Crippen molar-refractivity contribution >= 4 is 17.2 Å². The maximum absolute atomic E-state index is 9.47. The number of nitrogens with zero attached hydrogens (tertiary/aromatic N) is 2. The first-order valence-electron chi connectivity index (χ1n) is 7.34. The molecule has 0 fully saturated rings. The Hall–Kier alpha value is -2.64. The highest BCUT2D eigenvalue weighted by Gasteiger charge is 2.16. The van der Waals surface area contributed by atoms with Gasteiger partial charge in [-0.1, -0.05) is 12.1 Å². The second-order valence-corrected chi connectivity index (χ2v) is 6.57. The standard InChI is InChI=1S/C19H17N3S/c1-11-4-5-14(8-13(11)3)17-9-15(16(10-20)19(21)22-17)18-12(2)6-7-23-18/h4-9H,1-3H3,(H2,21,22). The first kappa shape index (κ1) is 15.3. The lowest BCUT2D eigenvalue weighted by molar-refractivity contribution is 1.29. The Labute approximate surface area is 140 Å². The number of hydrogen-bond donors (Lipinski definition) is 1. The Morgan fingerprint density at radius 1 is 1.04 bits per heavy atom. The molecule has 0 radical (unpaired) electrons. The fourth-order valence-electron chi connectivity index (χ4n) is 2.56. The van der Waals surface area contributed by atoms with Crippen LogP contribution in [0, 0.1) is 32.1 Å². The summed E-state index contributed by atoms with van der Waals surface area (Å²) >= 11 is 1.62. The van der Waals surface area contributed by atoms with E-state index < -0.39 is 0 Å². The SMILES string of the molecule is Cc1ccc(-c2cc(-c3sccc3C)c(C#N)c(N)n2)cc1C. The van der Waals surface area contributed by atoms with E-state index in [-0.39, 0.29) is 5.82 Å². The number of aromatic nitrogens is 1. The highest BCUT2D eigenvalue weighted by atomic mass is 32.1. The van der Waals surface area contributed by atoms with E-state index in [1.807, 2.05) is 30.5 Å². The highest BCUT2D eigenvalue weighted by Crippen LogP contribution is 2.36. The monoisotopic (exact) mass is 319 g/mol. The van der Waals surface area contributed by atoms with Crippen LogP contribution < -0.4 is 5.73 Å². The van der Waals surface area contributed by atoms with Crippen molar-refractivity contribution in [1.29, 1.82) is 5.26 Å². The summed E-state index contributed by atoms with van der Waals surface area (Å²) < 4.78 is 0. The van der Waals surface area contributed by atoms with E-state index in [2.05, 4.69) is 37.0 Å². The normalized spacial score (nSPS) is 10.5. The molecule has 1 aromatic carbocycles. The fourth-order valence-corrected chi connectivity index (χ4v) is 3.51. The number of nitriles is 1. The lowest BCUT2D eigenvalue weighted by Crippen LogP contribution is -2.00. The predicted octanol–water partition coefficient (Wildman–Crippen LogP) is 4.86. The van der Waals surface area contributed by atoms with Crippen molar-refractivity contribution < 1.29 is 0 Å². The van der Waals surface area contributed by atoms with Crippen molar-refractivity contribution in [2.45, 2.75) is 20.8 Å². The molecule has 23 heavy (non-hydrogen) atoms. The Bertz CT molecular complexity index is 932. The molecule has 2 N–H and O–H groups in total. The zero-order chi connectivity index (χ0) is 16.6. The van der Waals surface area contributed by atoms with Crippen LogP contribution in [0.25, 0.3) is 21.7 Å². The molecule has 0 aliphatic rings. The molecule has 0 atom stereocenters. The maximum Gasteiger partial charge on any atom is 0.142 e. The van der Waals surface area contributed by atoms with Crippen molar-refractivity contribution in [3.05, 3.63) is 58.0 Å². The molecule has 0 amide bonds. The summed E-state index contributed by atoms with van der Waals surface area (Å²) in [5, 5.41) is 11.5. The van der Waals surface area contributed by atoms with Crippen molar-refractivity contribution in [3.63, 3.8) is 0 Å². The lowest BCUT2D eigenvalue weighted by Gasteiger charge is -2.11. The minimum Gasteiger partial charge on any atom is -0.383 e. The van der Waals surface area contributed by atoms with Gasteiger partial charge >= 0.3 is 0 Å². The van der Waals surface area contributed by atoms with Crippen LogP contribution in [0.15, 0.2) is 35.7 Å². The molecule has 0 spiro atoms. The van der Waals surface area contributed by atoms with E-state index in [1.54, 1.807) is 11.3 Å². The van der Waals surface area contributed by atoms with Crippen molar-refractivity contribution in [2.75, 3.05) is 5.73 Å². The highest BCUT2D eigenvalue weighted by molar-refractivity contribution is 7.13. The van der Waals surface area contributed by atoms with Gasteiger partial charge in [0, 0.05) is 16.0 Å². The fraction of sp³-hybridized carbons (Fsp3) is 0.158. The Kier molecular flexibility index (Phi) is 3.89. The van der Waals surface area contributed by atoms with Gasteiger partial charge in [0.15, 0.2) is 0 Å². The van der Waals surface area contributed by atoms with Crippen LogP contribution in [-0.4, -0.2) is 4.98 Å². The van der Waals surface area contributed by atoms with Gasteiger partial charge in [-0.2, -0.15) is 5.26 Å². The predicted molar refractivity (Wildman–Crippen MR) is 96.3 cm³/mol. The van der Waals surface area contributed by atoms with Gasteiger partial charge in [0.05, 0.1) is 5.69 Å². The van der Waals surface area contributed by atoms with Gasteiger partial charge < -0.3 is 5.73 Å². The number of aryl methyl sites for hydroxylation is 3. The van der Waals surface area contributed by atoms with Gasteiger partial charge in [0.25, 0.3) is 0 Å². The molecule has 2 heterocycles. The first-order chi connectivity index (χ1) is 11.0. The molecule has 3 aromatic rings. The number of nitrogens with two attached hydrogens (primary N) is 1. The molecule has 0 saturated carbocycles. The van der Waals surface area contributed by atoms with Gasteiger partial charge in [-0.15, -0.1) is 11.3 Å². The maximum atomic E-state index is 9.47. The van der Waals surface area contributed by atoms with Crippen molar-refractivity contribution in [1.82, 2.24) is 4.98 Å². The van der Waals surface area contributed by atoms with Gasteiger partial charge in [-0.25, -0.2) is 4.98 Å². The van der Waals surface area contributed by atoms with Crippen LogP contribution in [0.2, 0.25) is 0 Å². The van der Waals surface area contributed by atoms with Crippen LogP contribution in [0.4, 0.5) is 5.82 Å². The number of hydrogen-bond acceptors (Lipinski definition) is 4. The molecule has 0 bridgehead atoms. The molecule has 114 valence electrons. The summed E-state index contributed by atoms with van der Waals surface area (Å²) in [6, 6.07) is 12.4. The molecule has 0 aliphatic heterocycles. The third-order valence-corrected chi connectivity index (χ3v) is 5.12. The molecule has 0 saturated heterocycles. The smallest absolute Gasteiger partial charge is 0.142 e. The van der Waals surface area contributed by atoms with Gasteiger partial charge in [0.1, 0.15) is 17.5 Å². The molecule has 3 rings (SSSR count). The van der Waals surface area contributed by atoms with Crippen LogP contribution in [0.1, 0.15) is 22.3 Å². The number of nitrogen functional groups attached to an aromatic ring is 1. The average Bonchev–Trinajstić information content (AvgIpc) is 2.95. The van der Waals surface area contributed by atoms with Gasteiger partial charge in [0.2, 0.25) is 0 Å². The van der Waals surface area contributed by atoms with Gasteiger partial charge in [-0.3, -0.25) is 0 Å². The molecule has 4 heteroatoms. The lowest BCUT2D eigenvalue weighted by atomic mass is 9.99. The largest absolute Gasteiger partial charge is 0.383 e. The number of anilines is 1. The number of benzene rings is 1. The second-order valence-electron chi connectivity index (χ2n) is 5.66. The molecular formula is C19H17N3S. The summed E-state index contributed by atoms with van der Waals surface area (Å²) in [5.74, 6) is 0.283. The Morgan fingerprint density at radius 3 is 2.43 bits per heavy atom. The minimum absolute atomic E-state index is 0.283. The number of thiophene rings is 1. The zero-order valence-corrected chi connectivity index (χ0v) is 14.2. The van der Waals surface area contributed by atoms with Crippen LogP contribution >= 0.6 is 11.3 Å². The molecule has 0 aliphatic carbocycles. The second kappa shape index (κ2) is 5.86. The molecule has 2 aromatic heterocycles. The Balaban J connectivity index is 2.25. The van der Waals surface area contributed by atoms with E-state index >= 15 is 0 Å². The van der Waals surface area contributed by atoms with E-state index in [0.29, 0.717) is 5.56 Å². The average molecular weight is 319 g/mol. The first-order valence-corrected chi connectivity index (χ1v) is 8.22. The summed E-state index contributed by atoms with van der Waals surface area (Å²) in [4.78, 5) is 5.52. The van der Waals surface area contributed by atoms with Crippen LogP contribution in [0.3, 0.4) is 0 Å². The Morgan fingerprint density at radius 2 is 1.83 bits per heavy atom. The third-order valence-electron chi connectivity index (χ3n) is 4.07. The zero-order valence-electron chi connectivity index (χ0n) is 13.3. The summed E-state index contributed by atoms with van der Waals surface area (Å²) in [6.07, 6.45) is 0. The quantitative estimate of drug-likeness (QED) is 0.734. The van der Waals surface area contributed by atoms with E-state index in [1.165, 1.54) is 11.1 Å². The summed E-state index contributed by atoms with van der Waals surface area (Å²) in [5.41, 5.74) is 12.8. The third kappa shape index (κ3) is 2.71. The number of rotatable bonds is 2. The van der Waals surface area contributed by atoms with Crippen LogP contribution in [0.5, 0.6) is 0 Å². The molecular weight excluding hydrogens is 302 g/mol. The van der Waals surface area contributed by atoms with Crippen molar-refractivity contribution in [2.24, 2.45) is 0 Å². The summed E-state index contributed by atoms with van der Waals surface area (Å²) in [7, 11) is 0. The van der Waals surface area contributed by atoms with E-state index in [4.69, 9.17) is 5.73 Å². The molecule has 0 unspecified atom stereocenters. The number of pyridine rings is 1. The van der Waals surface area contributed by atoms with E-state index in [9.17, 15) is 5.26 Å². The van der Waals surface area contributed by atoms with Crippen LogP contribution in [-0.2, 0) is 0 Å². The summed E-state index contributed by atoms with van der Waals surface area (Å²) in [6.45, 7) is 6.20. The topological polar surface area (TPSA) is 62.7 Å². The van der Waals surface area contributed by atoms with Gasteiger partial charge in [-0.05, 0) is 61.0 Å². The van der Waals surface area contributed by atoms with E-state index in [0.717, 1.165) is 27.3 Å². The van der Waals surface area contributed by atoms with Crippen molar-refractivity contribution in [3.8, 4) is 27.8 Å². The molecule has 3 nitrogen and oxygen atoms in total.